The van der Waals surface area contributed by atoms with Gasteiger partial charge in [-0.05, 0) is 13.3 Å². The number of nitrogens with zero attached hydrogens (tertiary/aromatic N) is 5. The highest BCUT2D eigenvalue weighted by molar-refractivity contribution is 5.76. The van der Waals surface area contributed by atoms with Crippen LogP contribution in [0.5, 0.6) is 0 Å². The van der Waals surface area contributed by atoms with Gasteiger partial charge in [0.05, 0.1) is 19.1 Å². The summed E-state index contributed by atoms with van der Waals surface area (Å²) in [5.41, 5.74) is 1.03. The van der Waals surface area contributed by atoms with Crippen LogP contribution in [0.3, 0.4) is 0 Å². The zero-order valence-corrected chi connectivity index (χ0v) is 15.6. The van der Waals surface area contributed by atoms with Crippen LogP contribution >= 0.6 is 0 Å². The van der Waals surface area contributed by atoms with E-state index < -0.39 is 0 Å². The van der Waals surface area contributed by atoms with Crippen molar-refractivity contribution in [3.05, 3.63) is 24.3 Å². The van der Waals surface area contributed by atoms with Crippen molar-refractivity contribution < 1.29 is 9.53 Å². The maximum Gasteiger partial charge on any atom is 0.224 e. The Bertz CT molecular complexity index is 782. The number of hydrogen-bond acceptors (Lipinski definition) is 5. The molecule has 0 radical (unpaired) electrons. The smallest absolute Gasteiger partial charge is 0.224 e. The van der Waals surface area contributed by atoms with E-state index in [0.717, 1.165) is 36.9 Å². The molecule has 8 nitrogen and oxygen atoms in total. The molecule has 0 spiro atoms. The molecule has 4 heterocycles. The molecule has 26 heavy (non-hydrogen) atoms. The molecule has 2 aromatic rings. The predicted octanol–water partition coefficient (Wildman–Crippen LogP) is 1.07. The van der Waals surface area contributed by atoms with Crippen LogP contribution in [-0.2, 0) is 9.53 Å². The number of rotatable bonds is 4. The van der Waals surface area contributed by atoms with Crippen LogP contribution in [0.1, 0.15) is 24.6 Å². The summed E-state index contributed by atoms with van der Waals surface area (Å²) >= 11 is 0. The molecule has 2 aromatic heterocycles. The monoisotopic (exact) mass is 358 g/mol. The lowest BCUT2D eigenvalue weighted by Gasteiger charge is -2.35. The topological polar surface area (TPSA) is 79.3 Å². The minimum Gasteiger partial charge on any atom is -0.375 e. The highest BCUT2D eigenvalue weighted by Gasteiger charge is 2.39. The van der Waals surface area contributed by atoms with Gasteiger partial charge >= 0.3 is 0 Å². The number of nitrogens with one attached hydrogen (secondary N) is 1. The molecule has 2 fully saturated rings. The van der Waals surface area contributed by atoms with E-state index in [9.17, 15) is 4.79 Å². The fourth-order valence-corrected chi connectivity index (χ4v) is 3.94. The normalized spacial score (nSPS) is 26.0. The second kappa shape index (κ2) is 6.85. The molecule has 8 heteroatoms. The minimum absolute atomic E-state index is 0.0186. The summed E-state index contributed by atoms with van der Waals surface area (Å²) in [5.74, 6) is 1.81. The molecule has 0 bridgehead atoms. The fourth-order valence-electron chi connectivity index (χ4n) is 3.94. The molecule has 1 N–H and O–H groups in total. The molecule has 140 valence electrons. The molecular weight excluding hydrogens is 332 g/mol. The molecule has 2 saturated heterocycles. The second-order valence-corrected chi connectivity index (χ2v) is 7.52. The summed E-state index contributed by atoms with van der Waals surface area (Å²) < 4.78 is 8.18. The maximum atomic E-state index is 12.0. The number of carbonyl (C=O) groups is 1. The van der Waals surface area contributed by atoms with Crippen molar-refractivity contribution in [3.8, 4) is 11.6 Å². The number of hydrogen-bond donors (Lipinski definition) is 1. The van der Waals surface area contributed by atoms with Gasteiger partial charge in [-0.1, -0.05) is 0 Å². The Morgan fingerprint density at radius 2 is 2.19 bits per heavy atom. The molecule has 0 saturated carbocycles. The van der Waals surface area contributed by atoms with Crippen molar-refractivity contribution in [1.29, 1.82) is 0 Å². The Morgan fingerprint density at radius 1 is 1.35 bits per heavy atom. The van der Waals surface area contributed by atoms with Gasteiger partial charge in [-0.2, -0.15) is 0 Å². The number of aryl methyl sites for hydroxylation is 1. The van der Waals surface area contributed by atoms with E-state index >= 15 is 0 Å². The second-order valence-electron chi connectivity index (χ2n) is 7.52. The van der Waals surface area contributed by atoms with Gasteiger partial charge in [-0.3, -0.25) is 9.69 Å². The van der Waals surface area contributed by atoms with Gasteiger partial charge in [0.15, 0.2) is 11.6 Å². The molecule has 2 aliphatic rings. The van der Waals surface area contributed by atoms with Gasteiger partial charge in [0.25, 0.3) is 0 Å². The lowest BCUT2D eigenvalue weighted by atomic mass is 10.1. The van der Waals surface area contributed by atoms with E-state index in [1.54, 1.807) is 19.0 Å². The first kappa shape index (κ1) is 17.2. The van der Waals surface area contributed by atoms with Crippen LogP contribution in [0, 0.1) is 6.92 Å². The number of morpholine rings is 1. The number of imidazole rings is 2. The van der Waals surface area contributed by atoms with Crippen LogP contribution in [-0.4, -0.2) is 81.2 Å². The molecule has 0 unspecified atom stereocenters. The lowest BCUT2D eigenvalue weighted by molar-refractivity contribution is -0.134. The maximum absolute atomic E-state index is 12.0. The van der Waals surface area contributed by atoms with E-state index in [4.69, 9.17) is 4.74 Å². The minimum atomic E-state index is -0.0186. The summed E-state index contributed by atoms with van der Waals surface area (Å²) in [5, 5.41) is 0. The molecule has 2 aliphatic heterocycles. The van der Waals surface area contributed by atoms with E-state index in [1.165, 1.54) is 0 Å². The number of aromatic amines is 1. The number of aromatic nitrogens is 4. The Morgan fingerprint density at radius 3 is 2.92 bits per heavy atom. The first-order valence-electron chi connectivity index (χ1n) is 9.12. The summed E-state index contributed by atoms with van der Waals surface area (Å²) in [4.78, 5) is 28.2. The Labute approximate surface area is 153 Å². The van der Waals surface area contributed by atoms with Gasteiger partial charge in [-0.15, -0.1) is 0 Å². The van der Waals surface area contributed by atoms with Gasteiger partial charge in [-0.25, -0.2) is 9.97 Å². The quantitative estimate of drug-likeness (QED) is 0.885. The Balaban J connectivity index is 1.45. The first-order valence-corrected chi connectivity index (χ1v) is 9.12. The van der Waals surface area contributed by atoms with Crippen LogP contribution < -0.4 is 0 Å². The van der Waals surface area contributed by atoms with Crippen LogP contribution in [0.15, 0.2) is 18.6 Å². The molecule has 3 atom stereocenters. The van der Waals surface area contributed by atoms with Crippen molar-refractivity contribution in [3.63, 3.8) is 0 Å². The van der Waals surface area contributed by atoms with Gasteiger partial charge in [0, 0.05) is 63.6 Å². The predicted molar refractivity (Wildman–Crippen MR) is 96.6 cm³/mol. The number of carbonyl (C=O) groups excluding carboxylic acids is 1. The van der Waals surface area contributed by atoms with Crippen LogP contribution in [0.4, 0.5) is 0 Å². The average molecular weight is 358 g/mol. The number of H-pyrrole nitrogens is 1. The molecule has 0 aliphatic carbocycles. The van der Waals surface area contributed by atoms with Crippen molar-refractivity contribution in [2.24, 2.45) is 0 Å². The van der Waals surface area contributed by atoms with E-state index in [1.807, 2.05) is 25.5 Å². The first-order chi connectivity index (χ1) is 12.5. The molecule has 4 rings (SSSR count). The van der Waals surface area contributed by atoms with Crippen LogP contribution in [0.25, 0.3) is 11.6 Å². The largest absolute Gasteiger partial charge is 0.375 e. The Hall–Kier alpha value is -2.19. The van der Waals surface area contributed by atoms with Gasteiger partial charge in [0.2, 0.25) is 5.91 Å². The third-order valence-electron chi connectivity index (χ3n) is 5.35. The number of ether oxygens (including phenoxy) is 1. The fraction of sp³-hybridized carbons (Fsp3) is 0.611. The molecular formula is C18H26N6O2. The number of amides is 1. The van der Waals surface area contributed by atoms with E-state index in [-0.39, 0.29) is 12.0 Å². The zero-order chi connectivity index (χ0) is 18.3. The highest BCUT2D eigenvalue weighted by atomic mass is 16.5. The summed E-state index contributed by atoms with van der Waals surface area (Å²) in [6, 6.07) is 0.745. The van der Waals surface area contributed by atoms with E-state index in [0.29, 0.717) is 25.1 Å². The SMILES string of the molecule is Cc1cnc(-c2nccn2[C@@H]2C[C@H]3CO[C@@H](CC(=O)N(C)C)CN3C2)[nH]1. The number of fused-ring (bicyclic) bond motifs is 1. The summed E-state index contributed by atoms with van der Waals surface area (Å²) in [7, 11) is 3.58. The lowest BCUT2D eigenvalue weighted by Crippen LogP contribution is -2.47. The average Bonchev–Trinajstić information content (AvgIpc) is 3.31. The van der Waals surface area contributed by atoms with Crippen molar-refractivity contribution in [2.45, 2.75) is 38.0 Å². The standard InChI is InChI=1S/C18H26N6O2/c1-12-8-20-17(21-12)18-19-4-5-24(18)13-6-14-11-26-15(10-23(14)9-13)7-16(25)22(2)3/h4-5,8,13-15H,6-7,9-11H2,1-3H3,(H,20,21)/t13-,14+,15+/m1/s1. The third kappa shape index (κ3) is 3.26. The van der Waals surface area contributed by atoms with Gasteiger partial charge in [0.1, 0.15) is 0 Å². The zero-order valence-electron chi connectivity index (χ0n) is 15.6. The van der Waals surface area contributed by atoms with Crippen LogP contribution in [0.2, 0.25) is 0 Å². The Kier molecular flexibility index (Phi) is 4.54. The summed E-state index contributed by atoms with van der Waals surface area (Å²) in [6.07, 6.45) is 7.14. The summed E-state index contributed by atoms with van der Waals surface area (Å²) in [6.45, 7) is 4.44. The highest BCUT2D eigenvalue weighted by Crippen LogP contribution is 2.33. The molecule has 1 amide bonds. The van der Waals surface area contributed by atoms with Crippen molar-refractivity contribution in [1.82, 2.24) is 29.3 Å². The third-order valence-corrected chi connectivity index (χ3v) is 5.35. The van der Waals surface area contributed by atoms with Crippen molar-refractivity contribution in [2.75, 3.05) is 33.8 Å². The molecule has 0 aromatic carbocycles. The van der Waals surface area contributed by atoms with E-state index in [2.05, 4.69) is 24.4 Å². The van der Waals surface area contributed by atoms with Crippen molar-refractivity contribution >= 4 is 5.91 Å². The van der Waals surface area contributed by atoms with Gasteiger partial charge < -0.3 is 19.2 Å².